The summed E-state index contributed by atoms with van der Waals surface area (Å²) in [6, 6.07) is 0. The van der Waals surface area contributed by atoms with Crippen molar-refractivity contribution in [2.75, 3.05) is 0 Å². The molecule has 0 aromatic carbocycles. The summed E-state index contributed by atoms with van der Waals surface area (Å²) in [6.07, 6.45) is 4.67. The van der Waals surface area contributed by atoms with Crippen molar-refractivity contribution >= 4 is 5.97 Å². The maximum Gasteiger partial charge on any atom is 0.318 e. The summed E-state index contributed by atoms with van der Waals surface area (Å²) in [5.74, 6) is -3.11. The van der Waals surface area contributed by atoms with Crippen LogP contribution in [-0.2, 0) is 9.53 Å². The maximum absolute atomic E-state index is 13.1. The molecule has 1 heterocycles. The molecule has 3 aliphatic carbocycles. The van der Waals surface area contributed by atoms with Crippen LogP contribution in [0, 0.1) is 22.2 Å². The number of allylic oxidation sites excluding steroid dienone is 1. The van der Waals surface area contributed by atoms with Crippen LogP contribution in [0.4, 0.5) is 0 Å². The third-order valence-corrected chi connectivity index (χ3v) is 7.97. The van der Waals surface area contributed by atoms with Crippen LogP contribution >= 0.6 is 0 Å². The van der Waals surface area contributed by atoms with E-state index >= 15 is 0 Å². The van der Waals surface area contributed by atoms with Crippen molar-refractivity contribution < 1.29 is 24.9 Å². The van der Waals surface area contributed by atoms with Gasteiger partial charge in [0.05, 0.1) is 5.92 Å². The Morgan fingerprint density at radius 1 is 1.16 bits per heavy atom. The van der Waals surface area contributed by atoms with E-state index in [0.717, 1.165) is 25.7 Å². The van der Waals surface area contributed by atoms with E-state index in [1.165, 1.54) is 0 Å². The number of rotatable bonds is 1. The van der Waals surface area contributed by atoms with Gasteiger partial charge in [-0.05, 0) is 48.5 Å². The molecule has 5 heteroatoms. The van der Waals surface area contributed by atoms with E-state index in [1.807, 2.05) is 19.9 Å². The molecule has 2 saturated carbocycles. The molecule has 3 N–H and O–H groups in total. The highest BCUT2D eigenvalue weighted by molar-refractivity contribution is 5.85. The number of fused-ring (bicyclic) bond motifs is 1. The van der Waals surface area contributed by atoms with Crippen LogP contribution in [0.25, 0.3) is 0 Å². The van der Waals surface area contributed by atoms with Crippen molar-refractivity contribution in [3.05, 3.63) is 11.6 Å². The summed E-state index contributed by atoms with van der Waals surface area (Å²) in [5, 5.41) is 34.2. The topological polar surface area (TPSA) is 87.0 Å². The molecule has 0 aromatic rings. The molecule has 1 aliphatic heterocycles. The predicted octanol–water partition coefficient (Wildman–Crippen LogP) is 2.29. The quantitative estimate of drug-likeness (QED) is 0.499. The van der Waals surface area contributed by atoms with Gasteiger partial charge in [-0.1, -0.05) is 40.2 Å². The van der Waals surface area contributed by atoms with Crippen LogP contribution in [0.15, 0.2) is 11.6 Å². The Kier molecular flexibility index (Phi) is 3.27. The average Bonchev–Trinajstić information content (AvgIpc) is 2.77. The van der Waals surface area contributed by atoms with Crippen molar-refractivity contribution in [3.8, 4) is 0 Å². The molecule has 4 rings (SSSR count). The zero-order valence-electron chi connectivity index (χ0n) is 15.6. The van der Waals surface area contributed by atoms with E-state index in [1.54, 1.807) is 0 Å². The number of carbonyl (C=O) groups is 1. The fraction of sp³-hybridized carbons (Fsp3) is 0.850. The second kappa shape index (κ2) is 4.68. The van der Waals surface area contributed by atoms with Crippen LogP contribution < -0.4 is 0 Å². The molecular weight excluding hydrogens is 320 g/mol. The molecule has 0 spiro atoms. The third-order valence-electron chi connectivity index (χ3n) is 7.97. The lowest BCUT2D eigenvalue weighted by atomic mass is 9.42. The number of esters is 1. The number of ether oxygens (including phenoxy) is 1. The minimum Gasteiger partial charge on any atom is -0.429 e. The van der Waals surface area contributed by atoms with E-state index in [9.17, 15) is 20.1 Å². The predicted molar refractivity (Wildman–Crippen MR) is 91.3 cm³/mol. The molecule has 3 fully saturated rings. The Morgan fingerprint density at radius 3 is 2.48 bits per heavy atom. The Morgan fingerprint density at radius 2 is 1.84 bits per heavy atom. The normalized spacial score (nSPS) is 53.6. The molecule has 0 aromatic heterocycles. The molecule has 5 nitrogen and oxygen atoms in total. The SMILES string of the molecule is CC[C@]1(C)C=C2[C@@H](O)[C@@]3(O)OC(=O)[C@@]4(CCCC(C)(C)[C@H]34)[C@@]2(O)CC1. The number of aliphatic hydroxyl groups excluding tert-OH is 1. The highest BCUT2D eigenvalue weighted by atomic mass is 16.7. The van der Waals surface area contributed by atoms with Gasteiger partial charge in [0.1, 0.15) is 17.1 Å². The van der Waals surface area contributed by atoms with Gasteiger partial charge in [0.2, 0.25) is 5.79 Å². The average molecular weight is 350 g/mol. The fourth-order valence-electron chi connectivity index (χ4n) is 6.50. The number of aliphatic hydroxyl groups is 3. The fourth-order valence-corrected chi connectivity index (χ4v) is 6.50. The lowest BCUT2D eigenvalue weighted by Gasteiger charge is -2.62. The van der Waals surface area contributed by atoms with Gasteiger partial charge in [0.25, 0.3) is 0 Å². The Hall–Kier alpha value is -0.910. The highest BCUT2D eigenvalue weighted by Crippen LogP contribution is 2.72. The van der Waals surface area contributed by atoms with Gasteiger partial charge < -0.3 is 20.1 Å². The van der Waals surface area contributed by atoms with Crippen LogP contribution in [0.3, 0.4) is 0 Å². The molecular formula is C20H30O5. The number of carbonyl (C=O) groups excluding carboxylic acids is 1. The summed E-state index contributed by atoms with van der Waals surface area (Å²) in [7, 11) is 0. The van der Waals surface area contributed by atoms with Crippen LogP contribution in [0.1, 0.15) is 66.2 Å². The van der Waals surface area contributed by atoms with Crippen molar-refractivity contribution in [1.82, 2.24) is 0 Å². The first kappa shape index (κ1) is 17.5. The Balaban J connectivity index is 2.00. The van der Waals surface area contributed by atoms with Crippen molar-refractivity contribution in [3.63, 3.8) is 0 Å². The molecule has 0 unspecified atom stereocenters. The zero-order valence-corrected chi connectivity index (χ0v) is 15.6. The molecule has 25 heavy (non-hydrogen) atoms. The molecule has 0 radical (unpaired) electrons. The minimum absolute atomic E-state index is 0.158. The first-order chi connectivity index (χ1) is 11.5. The van der Waals surface area contributed by atoms with Gasteiger partial charge in [-0.2, -0.15) is 0 Å². The van der Waals surface area contributed by atoms with Crippen LogP contribution in [0.2, 0.25) is 0 Å². The van der Waals surface area contributed by atoms with E-state index in [4.69, 9.17) is 4.74 Å². The molecule has 1 saturated heterocycles. The van der Waals surface area contributed by atoms with Gasteiger partial charge >= 0.3 is 5.97 Å². The third kappa shape index (κ3) is 1.77. The Bertz CT molecular complexity index is 669. The van der Waals surface area contributed by atoms with Crippen LogP contribution in [0.5, 0.6) is 0 Å². The summed E-state index contributed by atoms with van der Waals surface area (Å²) in [5.41, 5.74) is -2.78. The lowest BCUT2D eigenvalue weighted by Crippen LogP contribution is -2.71. The molecule has 6 atom stereocenters. The number of hydrogen-bond acceptors (Lipinski definition) is 5. The molecule has 2 bridgehead atoms. The van der Waals surface area contributed by atoms with Crippen molar-refractivity contribution in [2.45, 2.75) is 83.7 Å². The van der Waals surface area contributed by atoms with E-state index in [2.05, 4.69) is 13.8 Å². The zero-order chi connectivity index (χ0) is 18.5. The summed E-state index contributed by atoms with van der Waals surface area (Å²) in [4.78, 5) is 13.1. The number of hydrogen-bond donors (Lipinski definition) is 3. The van der Waals surface area contributed by atoms with Gasteiger partial charge in [-0.3, -0.25) is 4.79 Å². The largest absolute Gasteiger partial charge is 0.429 e. The molecule has 0 amide bonds. The monoisotopic (exact) mass is 350 g/mol. The highest BCUT2D eigenvalue weighted by Gasteiger charge is 2.83. The lowest BCUT2D eigenvalue weighted by molar-refractivity contribution is -0.289. The smallest absolute Gasteiger partial charge is 0.318 e. The van der Waals surface area contributed by atoms with Gasteiger partial charge in [0, 0.05) is 0 Å². The summed E-state index contributed by atoms with van der Waals surface area (Å²) < 4.78 is 5.48. The first-order valence-corrected chi connectivity index (χ1v) is 9.56. The van der Waals surface area contributed by atoms with Crippen molar-refractivity contribution in [2.24, 2.45) is 22.2 Å². The second-order valence-electron chi connectivity index (χ2n) is 9.76. The van der Waals surface area contributed by atoms with Gasteiger partial charge in [-0.25, -0.2) is 0 Å². The first-order valence-electron chi connectivity index (χ1n) is 9.56. The van der Waals surface area contributed by atoms with Gasteiger partial charge in [-0.15, -0.1) is 0 Å². The van der Waals surface area contributed by atoms with E-state index in [0.29, 0.717) is 18.4 Å². The minimum atomic E-state index is -1.95. The summed E-state index contributed by atoms with van der Waals surface area (Å²) >= 11 is 0. The Labute approximate surface area is 149 Å². The molecule has 140 valence electrons. The summed E-state index contributed by atoms with van der Waals surface area (Å²) in [6.45, 7) is 8.17. The molecule has 4 aliphatic rings. The second-order valence-corrected chi connectivity index (χ2v) is 9.76. The van der Waals surface area contributed by atoms with E-state index < -0.39 is 40.2 Å². The van der Waals surface area contributed by atoms with Crippen molar-refractivity contribution in [1.29, 1.82) is 0 Å². The maximum atomic E-state index is 13.1. The standard InChI is InChI=1S/C20H30O5/c1-5-17(4)9-10-19(23)12(11-17)13(21)20(24)14-16(2,3)7-6-8-18(14,19)15(22)25-20/h11,13-14,21,23-24H,5-10H2,1-4H3/t13-,14+,17+,18+,19-,20-/m1/s1. The van der Waals surface area contributed by atoms with Gasteiger partial charge in [0.15, 0.2) is 0 Å². The van der Waals surface area contributed by atoms with Crippen LogP contribution in [-0.4, -0.2) is 38.8 Å². The van der Waals surface area contributed by atoms with E-state index in [-0.39, 0.29) is 5.41 Å².